The van der Waals surface area contributed by atoms with E-state index in [1.165, 1.54) is 18.2 Å². The molecule has 2 aromatic carbocycles. The fraction of sp³-hybridized carbons (Fsp3) is 0.406. The van der Waals surface area contributed by atoms with Crippen LogP contribution in [0, 0.1) is 13.8 Å². The van der Waals surface area contributed by atoms with Crippen molar-refractivity contribution in [2.45, 2.75) is 58.0 Å². The second-order valence-corrected chi connectivity index (χ2v) is 10.9. The number of piperidine rings is 1. The highest BCUT2D eigenvalue weighted by Crippen LogP contribution is 2.31. The highest BCUT2D eigenvalue weighted by atomic mass is 19.4. The Labute approximate surface area is 243 Å². The second kappa shape index (κ2) is 12.5. The standard InChI is InChI=1S/C32H34F3N3O4/c1-21-18-28(24-10-6-12-27(19-24)42-32(33,34)35)36-22(2)29(21)30(39)37-16-13-25(14-17-37)38-15-7-11-26(38)20-41-31(40)23-8-4-3-5-9-23/h3-6,8-10,12,18-19,25-26H,7,11,13-17,20H2,1-2H3/t26-/m0/s1. The average Bonchev–Trinajstić information content (AvgIpc) is 3.44. The van der Waals surface area contributed by atoms with E-state index in [4.69, 9.17) is 4.74 Å². The summed E-state index contributed by atoms with van der Waals surface area (Å²) in [6.07, 6.45) is -1.11. The molecule has 222 valence electrons. The summed E-state index contributed by atoms with van der Waals surface area (Å²) in [4.78, 5) is 34.9. The van der Waals surface area contributed by atoms with E-state index in [0.717, 1.165) is 32.2 Å². The number of pyridine rings is 1. The topological polar surface area (TPSA) is 72.0 Å². The summed E-state index contributed by atoms with van der Waals surface area (Å²) in [5.41, 5.74) is 3.25. The number of hydrogen-bond acceptors (Lipinski definition) is 6. The van der Waals surface area contributed by atoms with Gasteiger partial charge in [0.15, 0.2) is 0 Å². The van der Waals surface area contributed by atoms with Gasteiger partial charge < -0.3 is 14.4 Å². The predicted octanol–water partition coefficient (Wildman–Crippen LogP) is 6.19. The molecule has 0 saturated carbocycles. The van der Waals surface area contributed by atoms with Crippen LogP contribution in [0.2, 0.25) is 0 Å². The maximum Gasteiger partial charge on any atom is 0.573 e. The first kappa shape index (κ1) is 29.6. The minimum Gasteiger partial charge on any atom is -0.460 e. The van der Waals surface area contributed by atoms with Gasteiger partial charge in [0.05, 0.1) is 22.5 Å². The molecule has 2 fully saturated rings. The van der Waals surface area contributed by atoms with Crippen molar-refractivity contribution < 1.29 is 32.2 Å². The molecule has 7 nitrogen and oxygen atoms in total. The number of amides is 1. The first-order valence-electron chi connectivity index (χ1n) is 14.2. The van der Waals surface area contributed by atoms with E-state index in [1.807, 2.05) is 30.0 Å². The number of aromatic nitrogens is 1. The lowest BCUT2D eigenvalue weighted by Crippen LogP contribution is -2.49. The zero-order valence-corrected chi connectivity index (χ0v) is 23.7. The molecule has 2 saturated heterocycles. The zero-order chi connectivity index (χ0) is 29.9. The van der Waals surface area contributed by atoms with Crippen LogP contribution < -0.4 is 4.74 Å². The number of benzene rings is 2. The molecule has 3 heterocycles. The first-order chi connectivity index (χ1) is 20.1. The van der Waals surface area contributed by atoms with E-state index in [2.05, 4.69) is 14.6 Å². The minimum atomic E-state index is -4.79. The Bertz CT molecular complexity index is 1400. The third kappa shape index (κ3) is 6.92. The molecular weight excluding hydrogens is 547 g/mol. The largest absolute Gasteiger partial charge is 0.573 e. The molecule has 0 spiro atoms. The summed E-state index contributed by atoms with van der Waals surface area (Å²) in [7, 11) is 0. The quantitative estimate of drug-likeness (QED) is 0.310. The van der Waals surface area contributed by atoms with Gasteiger partial charge in [-0.3, -0.25) is 14.7 Å². The Balaban J connectivity index is 1.20. The first-order valence-corrected chi connectivity index (χ1v) is 14.2. The minimum absolute atomic E-state index is 0.0913. The normalized spacial score (nSPS) is 18.2. The van der Waals surface area contributed by atoms with Crippen molar-refractivity contribution in [3.63, 3.8) is 0 Å². The molecular formula is C32H34F3N3O4. The van der Waals surface area contributed by atoms with Gasteiger partial charge in [-0.2, -0.15) is 0 Å². The van der Waals surface area contributed by atoms with Crippen molar-refractivity contribution >= 4 is 11.9 Å². The molecule has 2 aliphatic rings. The summed E-state index contributed by atoms with van der Waals surface area (Å²) in [5.74, 6) is -0.725. The molecule has 2 aliphatic heterocycles. The van der Waals surface area contributed by atoms with Crippen LogP contribution in [0.4, 0.5) is 13.2 Å². The Morgan fingerprint density at radius 2 is 1.69 bits per heavy atom. The lowest BCUT2D eigenvalue weighted by Gasteiger charge is -2.39. The van der Waals surface area contributed by atoms with E-state index in [-0.39, 0.29) is 23.7 Å². The maximum absolute atomic E-state index is 13.6. The fourth-order valence-electron chi connectivity index (χ4n) is 6.06. The molecule has 10 heteroatoms. The highest BCUT2D eigenvalue weighted by molar-refractivity contribution is 5.97. The van der Waals surface area contributed by atoms with Gasteiger partial charge in [-0.15, -0.1) is 13.2 Å². The number of hydrogen-bond donors (Lipinski definition) is 0. The van der Waals surface area contributed by atoms with Crippen LogP contribution >= 0.6 is 0 Å². The Morgan fingerprint density at radius 3 is 2.38 bits per heavy atom. The summed E-state index contributed by atoms with van der Waals surface area (Å²) < 4.78 is 47.7. The number of esters is 1. The molecule has 0 aliphatic carbocycles. The molecule has 3 aromatic rings. The number of ether oxygens (including phenoxy) is 2. The van der Waals surface area contributed by atoms with Crippen LogP contribution in [0.3, 0.4) is 0 Å². The summed E-state index contributed by atoms with van der Waals surface area (Å²) >= 11 is 0. The summed E-state index contributed by atoms with van der Waals surface area (Å²) in [6.45, 7) is 6.08. The SMILES string of the molecule is Cc1cc(-c2cccc(OC(F)(F)F)c2)nc(C)c1C(=O)N1CCC(N2CCC[C@H]2COC(=O)c2ccccc2)CC1. The van der Waals surface area contributed by atoms with Crippen molar-refractivity contribution in [1.82, 2.24) is 14.8 Å². The summed E-state index contributed by atoms with van der Waals surface area (Å²) in [5, 5.41) is 0. The molecule has 0 N–H and O–H groups in total. The van der Waals surface area contributed by atoms with Crippen LogP contribution in [-0.4, -0.2) is 71.3 Å². The van der Waals surface area contributed by atoms with Crippen LogP contribution in [0.15, 0.2) is 60.7 Å². The molecule has 0 radical (unpaired) electrons. The van der Waals surface area contributed by atoms with E-state index >= 15 is 0 Å². The predicted molar refractivity (Wildman–Crippen MR) is 151 cm³/mol. The molecule has 42 heavy (non-hydrogen) atoms. The monoisotopic (exact) mass is 581 g/mol. The summed E-state index contributed by atoms with van der Waals surface area (Å²) in [6, 6.07) is 16.9. The lowest BCUT2D eigenvalue weighted by atomic mass is 9.99. The smallest absolute Gasteiger partial charge is 0.460 e. The van der Waals surface area contributed by atoms with Gasteiger partial charge in [0.2, 0.25) is 0 Å². The molecule has 0 unspecified atom stereocenters. The van der Waals surface area contributed by atoms with E-state index in [1.54, 1.807) is 31.2 Å². The number of nitrogens with zero attached hydrogens (tertiary/aromatic N) is 3. The van der Waals surface area contributed by atoms with Crippen LogP contribution in [-0.2, 0) is 4.74 Å². The van der Waals surface area contributed by atoms with Gasteiger partial charge in [-0.1, -0.05) is 30.3 Å². The van der Waals surface area contributed by atoms with Gasteiger partial charge in [0.25, 0.3) is 5.91 Å². The highest BCUT2D eigenvalue weighted by Gasteiger charge is 2.35. The third-order valence-corrected chi connectivity index (χ3v) is 8.03. The van der Waals surface area contributed by atoms with E-state index in [0.29, 0.717) is 59.4 Å². The lowest BCUT2D eigenvalue weighted by molar-refractivity contribution is -0.274. The molecule has 1 amide bonds. The number of rotatable bonds is 7. The number of carbonyl (C=O) groups is 2. The van der Waals surface area contributed by atoms with Crippen molar-refractivity contribution in [3.05, 3.63) is 83.0 Å². The maximum atomic E-state index is 13.6. The van der Waals surface area contributed by atoms with Gasteiger partial charge in [0, 0.05) is 30.7 Å². The van der Waals surface area contributed by atoms with Crippen molar-refractivity contribution in [2.75, 3.05) is 26.2 Å². The second-order valence-electron chi connectivity index (χ2n) is 10.9. The number of alkyl halides is 3. The van der Waals surface area contributed by atoms with Crippen LogP contribution in [0.5, 0.6) is 5.75 Å². The van der Waals surface area contributed by atoms with Crippen LogP contribution in [0.25, 0.3) is 11.3 Å². The molecule has 0 bridgehead atoms. The fourth-order valence-corrected chi connectivity index (χ4v) is 6.06. The van der Waals surface area contributed by atoms with Gasteiger partial charge in [0.1, 0.15) is 12.4 Å². The van der Waals surface area contributed by atoms with E-state index < -0.39 is 6.36 Å². The third-order valence-electron chi connectivity index (χ3n) is 8.03. The van der Waals surface area contributed by atoms with Gasteiger partial charge in [-0.05, 0) is 82.0 Å². The zero-order valence-electron chi connectivity index (χ0n) is 23.7. The molecule has 5 rings (SSSR count). The molecule has 1 atom stereocenters. The van der Waals surface area contributed by atoms with Gasteiger partial charge >= 0.3 is 12.3 Å². The Hall–Kier alpha value is -3.92. The Kier molecular flexibility index (Phi) is 8.82. The van der Waals surface area contributed by atoms with Crippen molar-refractivity contribution in [3.8, 4) is 17.0 Å². The number of halogens is 3. The average molecular weight is 582 g/mol. The van der Waals surface area contributed by atoms with Gasteiger partial charge in [-0.25, -0.2) is 4.79 Å². The molecule has 1 aromatic heterocycles. The van der Waals surface area contributed by atoms with Crippen molar-refractivity contribution in [1.29, 1.82) is 0 Å². The Morgan fingerprint density at radius 1 is 0.952 bits per heavy atom. The number of aryl methyl sites for hydroxylation is 2. The number of likely N-dealkylation sites (tertiary alicyclic amines) is 2. The van der Waals surface area contributed by atoms with E-state index in [9.17, 15) is 22.8 Å². The number of carbonyl (C=O) groups excluding carboxylic acids is 2. The van der Waals surface area contributed by atoms with Crippen LogP contribution in [0.1, 0.15) is 57.7 Å². The van der Waals surface area contributed by atoms with Crippen molar-refractivity contribution in [2.24, 2.45) is 0 Å².